The van der Waals surface area contributed by atoms with E-state index in [1.165, 1.54) is 0 Å². The number of piperidine rings is 1. The molecule has 4 heterocycles. The van der Waals surface area contributed by atoms with Gasteiger partial charge in [-0.25, -0.2) is 4.98 Å². The Bertz CT molecular complexity index is 1040. The quantitative estimate of drug-likeness (QED) is 0.524. The standard InChI is InChI=1S/C27H37N5O5/c28-24-8-5-7-21(30-24)25(35)32-14-4-2-10-27(26(36)37-19-23(34)22(33)9-15-32)11-16-31(17-12-27)18-20-6-1-3-13-29-20/h1,3,5-8,13,22-23,33-34H,2,4,9-12,14-19H2,(H2,28,30)/t22-,23+/m0/s1. The maximum Gasteiger partial charge on any atom is 0.312 e. The Labute approximate surface area is 217 Å². The number of esters is 1. The topological polar surface area (TPSA) is 142 Å². The van der Waals surface area contributed by atoms with E-state index in [1.54, 1.807) is 29.3 Å². The average molecular weight is 512 g/mol. The normalized spacial score (nSPS) is 23.9. The summed E-state index contributed by atoms with van der Waals surface area (Å²) >= 11 is 0. The first kappa shape index (κ1) is 27.0. The van der Waals surface area contributed by atoms with Gasteiger partial charge in [-0.2, -0.15) is 0 Å². The van der Waals surface area contributed by atoms with Crippen LogP contribution >= 0.6 is 0 Å². The van der Waals surface area contributed by atoms with Gasteiger partial charge in [-0.15, -0.1) is 0 Å². The molecular formula is C27H37N5O5. The van der Waals surface area contributed by atoms with Gasteiger partial charge in [-0.3, -0.25) is 19.5 Å². The number of rotatable bonds is 3. The molecular weight excluding hydrogens is 474 g/mol. The van der Waals surface area contributed by atoms with Crippen LogP contribution in [-0.4, -0.2) is 86.9 Å². The van der Waals surface area contributed by atoms with E-state index in [0.717, 1.165) is 31.7 Å². The molecule has 2 aliphatic rings. The van der Waals surface area contributed by atoms with E-state index in [2.05, 4.69) is 14.9 Å². The van der Waals surface area contributed by atoms with E-state index in [0.29, 0.717) is 32.2 Å². The summed E-state index contributed by atoms with van der Waals surface area (Å²) in [4.78, 5) is 38.9. The molecule has 2 saturated heterocycles. The summed E-state index contributed by atoms with van der Waals surface area (Å²) in [5.74, 6) is -0.319. The predicted molar refractivity (Wildman–Crippen MR) is 137 cm³/mol. The Morgan fingerprint density at radius 2 is 1.84 bits per heavy atom. The molecule has 0 unspecified atom stereocenters. The minimum atomic E-state index is -1.23. The molecule has 2 fully saturated rings. The molecule has 0 saturated carbocycles. The summed E-state index contributed by atoms with van der Waals surface area (Å²) in [7, 11) is 0. The fourth-order valence-electron chi connectivity index (χ4n) is 5.14. The molecule has 0 aliphatic carbocycles. The third-order valence-corrected chi connectivity index (χ3v) is 7.49. The first-order valence-electron chi connectivity index (χ1n) is 13.0. The molecule has 2 aromatic heterocycles. The number of cyclic esters (lactones) is 1. The second-order valence-electron chi connectivity index (χ2n) is 10.1. The van der Waals surface area contributed by atoms with Crippen molar-refractivity contribution in [2.45, 2.75) is 57.3 Å². The van der Waals surface area contributed by atoms with Crippen LogP contribution in [0, 0.1) is 5.41 Å². The van der Waals surface area contributed by atoms with Crippen LogP contribution in [0.5, 0.6) is 0 Å². The van der Waals surface area contributed by atoms with Crippen molar-refractivity contribution in [2.75, 3.05) is 38.5 Å². The highest BCUT2D eigenvalue weighted by atomic mass is 16.5. The summed E-state index contributed by atoms with van der Waals surface area (Å²) < 4.78 is 5.56. The van der Waals surface area contributed by atoms with Crippen LogP contribution in [0.1, 0.15) is 54.7 Å². The third-order valence-electron chi connectivity index (χ3n) is 7.49. The van der Waals surface area contributed by atoms with E-state index in [-0.39, 0.29) is 43.0 Å². The van der Waals surface area contributed by atoms with Gasteiger partial charge in [0.1, 0.15) is 24.2 Å². The number of hydrogen-bond donors (Lipinski definition) is 3. The first-order chi connectivity index (χ1) is 17.9. The first-order valence-corrected chi connectivity index (χ1v) is 13.0. The molecule has 2 atom stereocenters. The van der Waals surface area contributed by atoms with E-state index in [1.807, 2.05) is 18.2 Å². The molecule has 10 heteroatoms. The van der Waals surface area contributed by atoms with Crippen molar-refractivity contribution in [2.24, 2.45) is 5.41 Å². The zero-order valence-corrected chi connectivity index (χ0v) is 21.2. The Morgan fingerprint density at radius 3 is 2.57 bits per heavy atom. The van der Waals surface area contributed by atoms with Crippen LogP contribution < -0.4 is 5.73 Å². The van der Waals surface area contributed by atoms with Gasteiger partial charge in [-0.05, 0) is 69.5 Å². The lowest BCUT2D eigenvalue weighted by molar-refractivity contribution is -0.165. The summed E-state index contributed by atoms with van der Waals surface area (Å²) in [6.07, 6.45) is 2.95. The highest BCUT2D eigenvalue weighted by Gasteiger charge is 2.42. The van der Waals surface area contributed by atoms with Crippen molar-refractivity contribution in [3.8, 4) is 0 Å². The number of aromatic nitrogens is 2. The second kappa shape index (κ2) is 12.4. The Morgan fingerprint density at radius 1 is 1.03 bits per heavy atom. The predicted octanol–water partition coefficient (Wildman–Crippen LogP) is 1.62. The number of carbonyl (C=O) groups excluding carboxylic acids is 2. The van der Waals surface area contributed by atoms with Crippen molar-refractivity contribution >= 4 is 17.7 Å². The van der Waals surface area contributed by atoms with Gasteiger partial charge in [-0.1, -0.05) is 18.6 Å². The lowest BCUT2D eigenvalue weighted by Gasteiger charge is -2.40. The minimum absolute atomic E-state index is 0.153. The smallest absolute Gasteiger partial charge is 0.312 e. The Hall–Kier alpha value is -3.08. The number of amides is 1. The molecule has 10 nitrogen and oxygen atoms in total. The number of carbonyl (C=O) groups is 2. The van der Waals surface area contributed by atoms with Crippen LogP contribution in [0.3, 0.4) is 0 Å². The number of anilines is 1. The number of nitrogens with zero attached hydrogens (tertiary/aromatic N) is 4. The Balaban J connectivity index is 1.43. The largest absolute Gasteiger partial charge is 0.462 e. The number of hydrogen-bond acceptors (Lipinski definition) is 9. The number of ether oxygens (including phenoxy) is 1. The molecule has 2 aromatic rings. The SMILES string of the molecule is Nc1cccc(C(=O)N2CCCCC3(CCN(Cc4ccccn4)CC3)C(=O)OC[C@@H](O)[C@@H](O)CC2)n1. The third kappa shape index (κ3) is 7.03. The van der Waals surface area contributed by atoms with Crippen molar-refractivity contribution in [1.29, 1.82) is 0 Å². The Kier molecular flexibility index (Phi) is 9.07. The summed E-state index contributed by atoms with van der Waals surface area (Å²) in [5.41, 5.74) is 6.35. The van der Waals surface area contributed by atoms with E-state index < -0.39 is 17.6 Å². The number of aliphatic hydroxyl groups is 2. The van der Waals surface area contributed by atoms with Gasteiger partial charge in [0.2, 0.25) is 0 Å². The second-order valence-corrected chi connectivity index (χ2v) is 10.1. The maximum absolute atomic E-state index is 13.3. The van der Waals surface area contributed by atoms with Gasteiger partial charge < -0.3 is 25.6 Å². The van der Waals surface area contributed by atoms with E-state index in [4.69, 9.17) is 10.5 Å². The van der Waals surface area contributed by atoms with Crippen LogP contribution in [0.2, 0.25) is 0 Å². The molecule has 4 rings (SSSR count). The molecule has 0 aromatic carbocycles. The highest BCUT2D eigenvalue weighted by molar-refractivity contribution is 5.92. The summed E-state index contributed by atoms with van der Waals surface area (Å²) in [6, 6.07) is 10.8. The molecule has 2 aliphatic heterocycles. The molecule has 37 heavy (non-hydrogen) atoms. The molecule has 4 N–H and O–H groups in total. The molecule has 0 radical (unpaired) electrons. The lowest BCUT2D eigenvalue weighted by atomic mass is 9.74. The van der Waals surface area contributed by atoms with Crippen LogP contribution in [-0.2, 0) is 16.1 Å². The van der Waals surface area contributed by atoms with Crippen molar-refractivity contribution in [3.05, 3.63) is 54.0 Å². The highest BCUT2D eigenvalue weighted by Crippen LogP contribution is 2.38. The fourth-order valence-corrected chi connectivity index (χ4v) is 5.14. The van der Waals surface area contributed by atoms with Crippen molar-refractivity contribution < 1.29 is 24.5 Å². The van der Waals surface area contributed by atoms with E-state index >= 15 is 0 Å². The maximum atomic E-state index is 13.3. The molecule has 1 amide bonds. The zero-order chi connectivity index (χ0) is 26.3. The van der Waals surface area contributed by atoms with Gasteiger partial charge in [0, 0.05) is 25.8 Å². The van der Waals surface area contributed by atoms with Gasteiger partial charge in [0.05, 0.1) is 17.2 Å². The van der Waals surface area contributed by atoms with E-state index in [9.17, 15) is 19.8 Å². The molecule has 0 bridgehead atoms. The summed E-state index contributed by atoms with van der Waals surface area (Å²) in [5, 5.41) is 20.9. The number of nitrogen functional groups attached to an aromatic ring is 1. The monoisotopic (exact) mass is 511 g/mol. The number of aliphatic hydroxyl groups excluding tert-OH is 2. The van der Waals surface area contributed by atoms with Crippen LogP contribution in [0.4, 0.5) is 5.82 Å². The fraction of sp³-hybridized carbons (Fsp3) is 0.556. The number of pyridine rings is 2. The zero-order valence-electron chi connectivity index (χ0n) is 21.2. The number of nitrogens with two attached hydrogens (primary N) is 1. The van der Waals surface area contributed by atoms with Crippen LogP contribution in [0.15, 0.2) is 42.6 Å². The molecule has 1 spiro atoms. The summed E-state index contributed by atoms with van der Waals surface area (Å²) in [6.45, 7) is 2.63. The minimum Gasteiger partial charge on any atom is -0.462 e. The molecule has 200 valence electrons. The van der Waals surface area contributed by atoms with Crippen molar-refractivity contribution in [3.63, 3.8) is 0 Å². The van der Waals surface area contributed by atoms with Gasteiger partial charge in [0.25, 0.3) is 5.91 Å². The van der Waals surface area contributed by atoms with Crippen molar-refractivity contribution in [1.82, 2.24) is 19.8 Å². The van der Waals surface area contributed by atoms with Crippen LogP contribution in [0.25, 0.3) is 0 Å². The number of likely N-dealkylation sites (tertiary alicyclic amines) is 1. The van der Waals surface area contributed by atoms with Gasteiger partial charge >= 0.3 is 5.97 Å². The average Bonchev–Trinajstić information content (AvgIpc) is 2.92. The van der Waals surface area contributed by atoms with Gasteiger partial charge in [0.15, 0.2) is 0 Å². The lowest BCUT2D eigenvalue weighted by Crippen LogP contribution is -2.46.